The number of anilines is 2. The molecule has 0 aliphatic rings. The molecule has 2 aromatic heterocycles. The smallest absolute Gasteiger partial charge is 0.142 e. The quantitative estimate of drug-likeness (QED) is 0.763. The van der Waals surface area contributed by atoms with Crippen molar-refractivity contribution in [2.24, 2.45) is 0 Å². The molecule has 0 radical (unpaired) electrons. The van der Waals surface area contributed by atoms with E-state index in [1.807, 2.05) is 12.1 Å². The summed E-state index contributed by atoms with van der Waals surface area (Å²) in [5.74, 6) is 0.773. The monoisotopic (exact) mass is 358 g/mol. The minimum Gasteiger partial charge on any atom is -1.00 e. The lowest BCUT2D eigenvalue weighted by Gasteiger charge is -2.08. The van der Waals surface area contributed by atoms with Crippen LogP contribution in [0.25, 0.3) is 10.2 Å². The molecule has 0 aliphatic heterocycles. The molecule has 7 heteroatoms. The molecule has 0 amide bonds. The Morgan fingerprint density at radius 1 is 1.05 bits per heavy atom. The van der Waals surface area contributed by atoms with Crippen LogP contribution < -0.4 is 17.7 Å². The standard InChI is InChI=1S/C14H11Cl2N3S.ClH/c1-7-8(2)20-14-12(7)13(17-6-18-14)19-11-4-9(15)3-10(16)5-11;/h3-6H,1-2H3,(H,17,18,19);1H/p-1. The van der Waals surface area contributed by atoms with Crippen LogP contribution in [0.3, 0.4) is 0 Å². The van der Waals surface area contributed by atoms with Gasteiger partial charge in [-0.3, -0.25) is 0 Å². The summed E-state index contributed by atoms with van der Waals surface area (Å²) >= 11 is 13.7. The molecule has 0 bridgehead atoms. The van der Waals surface area contributed by atoms with Gasteiger partial charge in [0.15, 0.2) is 0 Å². The molecule has 3 rings (SSSR count). The number of fused-ring (bicyclic) bond motifs is 1. The number of halogens is 3. The molecule has 0 saturated heterocycles. The highest BCUT2D eigenvalue weighted by molar-refractivity contribution is 7.18. The lowest BCUT2D eigenvalue weighted by molar-refractivity contribution is -0.00000393. The third-order valence-electron chi connectivity index (χ3n) is 3.09. The van der Waals surface area contributed by atoms with Gasteiger partial charge in [0.1, 0.15) is 17.0 Å². The second kappa shape index (κ2) is 6.36. The van der Waals surface area contributed by atoms with Crippen molar-refractivity contribution in [1.29, 1.82) is 0 Å². The average Bonchev–Trinajstić information content (AvgIpc) is 2.65. The first-order chi connectivity index (χ1) is 9.54. The topological polar surface area (TPSA) is 37.8 Å². The minimum absolute atomic E-state index is 0. The normalized spacial score (nSPS) is 10.5. The van der Waals surface area contributed by atoms with E-state index in [0.29, 0.717) is 10.0 Å². The second-order valence-corrected chi connectivity index (χ2v) is 6.54. The Morgan fingerprint density at radius 2 is 1.71 bits per heavy atom. The summed E-state index contributed by atoms with van der Waals surface area (Å²) < 4.78 is 0. The zero-order valence-electron chi connectivity index (χ0n) is 11.2. The number of rotatable bonds is 2. The Hall–Kier alpha value is -1.07. The fourth-order valence-electron chi connectivity index (χ4n) is 2.04. The van der Waals surface area contributed by atoms with Crippen LogP contribution in [-0.4, -0.2) is 9.97 Å². The first-order valence-corrected chi connectivity index (χ1v) is 7.55. The first kappa shape index (κ1) is 16.3. The molecule has 0 fully saturated rings. The van der Waals surface area contributed by atoms with Crippen LogP contribution in [0.2, 0.25) is 10.0 Å². The van der Waals surface area contributed by atoms with Crippen LogP contribution in [0.4, 0.5) is 11.5 Å². The largest absolute Gasteiger partial charge is 1.00 e. The van der Waals surface area contributed by atoms with Crippen LogP contribution in [0.15, 0.2) is 24.5 Å². The van der Waals surface area contributed by atoms with Crippen molar-refractivity contribution in [3.8, 4) is 0 Å². The summed E-state index contributed by atoms with van der Waals surface area (Å²) in [6.07, 6.45) is 1.56. The van der Waals surface area contributed by atoms with Gasteiger partial charge in [-0.05, 0) is 37.6 Å². The van der Waals surface area contributed by atoms with E-state index in [2.05, 4.69) is 29.1 Å². The maximum atomic E-state index is 6.01. The predicted octanol–water partition coefficient (Wildman–Crippen LogP) is 2.36. The molecule has 21 heavy (non-hydrogen) atoms. The highest BCUT2D eigenvalue weighted by Gasteiger charge is 2.12. The Morgan fingerprint density at radius 3 is 2.38 bits per heavy atom. The second-order valence-electron chi connectivity index (χ2n) is 4.47. The van der Waals surface area contributed by atoms with Crippen LogP contribution in [-0.2, 0) is 0 Å². The average molecular weight is 360 g/mol. The number of nitrogens with one attached hydrogen (secondary N) is 1. The van der Waals surface area contributed by atoms with E-state index in [9.17, 15) is 0 Å². The molecule has 0 saturated carbocycles. The van der Waals surface area contributed by atoms with Crippen molar-refractivity contribution < 1.29 is 12.4 Å². The lowest BCUT2D eigenvalue weighted by atomic mass is 10.2. The molecule has 3 nitrogen and oxygen atoms in total. The van der Waals surface area contributed by atoms with Gasteiger partial charge in [-0.1, -0.05) is 23.2 Å². The number of nitrogens with zero attached hydrogens (tertiary/aromatic N) is 2. The maximum Gasteiger partial charge on any atom is 0.142 e. The molecular weight excluding hydrogens is 349 g/mol. The van der Waals surface area contributed by atoms with E-state index in [4.69, 9.17) is 23.2 Å². The summed E-state index contributed by atoms with van der Waals surface area (Å²) in [6, 6.07) is 5.33. The molecule has 0 unspecified atom stereocenters. The summed E-state index contributed by atoms with van der Waals surface area (Å²) in [4.78, 5) is 10.9. The van der Waals surface area contributed by atoms with Gasteiger partial charge in [0.2, 0.25) is 0 Å². The van der Waals surface area contributed by atoms with Crippen molar-refractivity contribution >= 4 is 56.3 Å². The first-order valence-electron chi connectivity index (χ1n) is 5.98. The fraction of sp³-hybridized carbons (Fsp3) is 0.143. The van der Waals surface area contributed by atoms with E-state index in [-0.39, 0.29) is 12.4 Å². The molecule has 0 spiro atoms. The third-order valence-corrected chi connectivity index (χ3v) is 4.64. The number of hydrogen-bond acceptors (Lipinski definition) is 4. The van der Waals surface area contributed by atoms with Gasteiger partial charge in [0.05, 0.1) is 5.39 Å². The van der Waals surface area contributed by atoms with Gasteiger partial charge in [0, 0.05) is 20.6 Å². The fourth-order valence-corrected chi connectivity index (χ4v) is 3.56. The molecule has 2 heterocycles. The van der Waals surface area contributed by atoms with Crippen LogP contribution in [0.1, 0.15) is 10.4 Å². The Kier molecular flexibility index (Phi) is 4.94. The van der Waals surface area contributed by atoms with E-state index >= 15 is 0 Å². The highest BCUT2D eigenvalue weighted by atomic mass is 35.5. The van der Waals surface area contributed by atoms with Crippen molar-refractivity contribution in [3.63, 3.8) is 0 Å². The van der Waals surface area contributed by atoms with Gasteiger partial charge in [-0.15, -0.1) is 11.3 Å². The van der Waals surface area contributed by atoms with Crippen LogP contribution in [0, 0.1) is 13.8 Å². The number of thiophene rings is 1. The van der Waals surface area contributed by atoms with Gasteiger partial charge >= 0.3 is 0 Å². The minimum atomic E-state index is 0. The van der Waals surface area contributed by atoms with Gasteiger partial charge < -0.3 is 17.7 Å². The van der Waals surface area contributed by atoms with Gasteiger partial charge in [-0.25, -0.2) is 9.97 Å². The Labute approximate surface area is 142 Å². The third kappa shape index (κ3) is 3.24. The SMILES string of the molecule is Cc1sc2ncnc(Nc3cc(Cl)cc(Cl)c3)c2c1C.[Cl-]. The molecule has 1 aromatic carbocycles. The predicted molar refractivity (Wildman–Crippen MR) is 86.6 cm³/mol. The molecule has 110 valence electrons. The number of benzene rings is 1. The van der Waals surface area contributed by atoms with Gasteiger partial charge in [0.25, 0.3) is 0 Å². The molecular formula is C14H11Cl3N3S-. The van der Waals surface area contributed by atoms with Crippen molar-refractivity contribution in [2.75, 3.05) is 5.32 Å². The van der Waals surface area contributed by atoms with Crippen LogP contribution >= 0.6 is 34.5 Å². The molecule has 1 N–H and O–H groups in total. The zero-order valence-corrected chi connectivity index (χ0v) is 14.3. The number of aryl methyl sites for hydroxylation is 2. The number of aromatic nitrogens is 2. The van der Waals surface area contributed by atoms with Crippen molar-refractivity contribution in [1.82, 2.24) is 9.97 Å². The summed E-state index contributed by atoms with van der Waals surface area (Å²) in [5, 5.41) is 5.49. The van der Waals surface area contributed by atoms with Crippen molar-refractivity contribution in [3.05, 3.63) is 45.0 Å². The van der Waals surface area contributed by atoms with E-state index in [0.717, 1.165) is 21.7 Å². The van der Waals surface area contributed by atoms with E-state index in [1.165, 1.54) is 10.4 Å². The summed E-state index contributed by atoms with van der Waals surface area (Å²) in [5.41, 5.74) is 2.01. The van der Waals surface area contributed by atoms with Gasteiger partial charge in [-0.2, -0.15) is 0 Å². The maximum absolute atomic E-state index is 6.01. The number of hydrogen-bond donors (Lipinski definition) is 1. The molecule has 0 aliphatic carbocycles. The summed E-state index contributed by atoms with van der Waals surface area (Å²) in [6.45, 7) is 4.16. The summed E-state index contributed by atoms with van der Waals surface area (Å²) in [7, 11) is 0. The lowest BCUT2D eigenvalue weighted by Crippen LogP contribution is -3.00. The molecule has 0 atom stereocenters. The van der Waals surface area contributed by atoms with E-state index in [1.54, 1.807) is 23.7 Å². The van der Waals surface area contributed by atoms with Crippen molar-refractivity contribution in [2.45, 2.75) is 13.8 Å². The van der Waals surface area contributed by atoms with E-state index < -0.39 is 0 Å². The molecule has 3 aromatic rings. The zero-order chi connectivity index (χ0) is 14.3. The Balaban J connectivity index is 0.00000161. The highest BCUT2D eigenvalue weighted by Crippen LogP contribution is 2.34. The Bertz CT molecular complexity index is 781. The van der Waals surface area contributed by atoms with Crippen LogP contribution in [0.5, 0.6) is 0 Å².